The van der Waals surface area contributed by atoms with Crippen LogP contribution in [0.15, 0.2) is 18.2 Å². The lowest BCUT2D eigenvalue weighted by Crippen LogP contribution is -2.43. The van der Waals surface area contributed by atoms with E-state index in [9.17, 15) is 9.90 Å². The Balaban J connectivity index is 1.98. The van der Waals surface area contributed by atoms with Gasteiger partial charge in [-0.15, -0.1) is 0 Å². The average molecular weight is 345 g/mol. The van der Waals surface area contributed by atoms with Crippen molar-refractivity contribution in [2.45, 2.75) is 38.1 Å². The zero-order valence-electron chi connectivity index (χ0n) is 12.5. The molecule has 1 amide bonds. The molecule has 0 spiro atoms. The third kappa shape index (κ3) is 4.85. The topological polar surface area (TPSA) is 52.6 Å². The molecule has 0 heterocycles. The third-order valence-corrected chi connectivity index (χ3v) is 4.68. The molecule has 0 radical (unpaired) electrons. The number of rotatable bonds is 6. The molecule has 1 aromatic carbocycles. The molecule has 22 heavy (non-hydrogen) atoms. The van der Waals surface area contributed by atoms with Crippen LogP contribution in [-0.4, -0.2) is 41.7 Å². The summed E-state index contributed by atoms with van der Waals surface area (Å²) in [6.45, 7) is 0.803. The van der Waals surface area contributed by atoms with E-state index in [1.54, 1.807) is 18.2 Å². The van der Waals surface area contributed by atoms with Crippen LogP contribution in [0.4, 0.5) is 5.69 Å². The number of aliphatic hydroxyl groups excluding tert-OH is 1. The Morgan fingerprint density at radius 3 is 2.45 bits per heavy atom. The van der Waals surface area contributed by atoms with Crippen molar-refractivity contribution in [2.75, 3.05) is 25.0 Å². The maximum absolute atomic E-state index is 12.3. The third-order valence-electron chi connectivity index (χ3n) is 4.05. The van der Waals surface area contributed by atoms with Crippen LogP contribution < -0.4 is 5.32 Å². The zero-order valence-corrected chi connectivity index (χ0v) is 14.0. The van der Waals surface area contributed by atoms with E-state index in [1.165, 1.54) is 19.3 Å². The number of carbonyl (C=O) groups excluding carboxylic acids is 1. The van der Waals surface area contributed by atoms with Gasteiger partial charge in [-0.25, -0.2) is 0 Å². The molecule has 0 atom stereocenters. The largest absolute Gasteiger partial charge is 0.395 e. The van der Waals surface area contributed by atoms with E-state index in [-0.39, 0.29) is 19.1 Å². The summed E-state index contributed by atoms with van der Waals surface area (Å²) in [5.41, 5.74) is 0.448. The van der Waals surface area contributed by atoms with E-state index in [1.807, 2.05) is 0 Å². The maximum Gasteiger partial charge on any atom is 0.238 e. The van der Waals surface area contributed by atoms with E-state index in [4.69, 9.17) is 23.2 Å². The quantitative estimate of drug-likeness (QED) is 0.829. The van der Waals surface area contributed by atoms with Gasteiger partial charge in [0.1, 0.15) is 0 Å². The molecule has 1 aliphatic carbocycles. The summed E-state index contributed by atoms with van der Waals surface area (Å²) in [6, 6.07) is 5.49. The van der Waals surface area contributed by atoms with Crippen molar-refractivity contribution in [2.24, 2.45) is 0 Å². The van der Waals surface area contributed by atoms with Crippen LogP contribution in [0, 0.1) is 0 Å². The number of para-hydroxylation sites is 1. The van der Waals surface area contributed by atoms with Crippen molar-refractivity contribution in [1.29, 1.82) is 0 Å². The second-order valence-electron chi connectivity index (χ2n) is 5.63. The Bertz CT molecular complexity index is 485. The van der Waals surface area contributed by atoms with Gasteiger partial charge in [0.25, 0.3) is 0 Å². The first-order valence-electron chi connectivity index (χ1n) is 7.70. The summed E-state index contributed by atoms with van der Waals surface area (Å²) in [6.07, 6.45) is 5.79. The van der Waals surface area contributed by atoms with Gasteiger partial charge in [-0.1, -0.05) is 48.5 Å². The molecule has 1 saturated carbocycles. The second kappa shape index (κ2) is 8.73. The lowest BCUT2D eigenvalue weighted by atomic mass is 9.94. The molecule has 0 bridgehead atoms. The van der Waals surface area contributed by atoms with Crippen LogP contribution in [0.1, 0.15) is 32.1 Å². The van der Waals surface area contributed by atoms with Gasteiger partial charge in [-0.2, -0.15) is 0 Å². The number of nitrogens with zero attached hydrogens (tertiary/aromatic N) is 1. The summed E-state index contributed by atoms with van der Waals surface area (Å²) >= 11 is 12.1. The molecule has 0 unspecified atom stereocenters. The Labute approximate surface area is 141 Å². The standard InChI is InChI=1S/C16H22Cl2N2O2/c17-13-7-4-8-14(18)16(13)19-15(22)11-20(9-10-21)12-5-2-1-3-6-12/h4,7-8,12,21H,1-3,5-6,9-11H2,(H,19,22). The van der Waals surface area contributed by atoms with Crippen LogP contribution in [0.5, 0.6) is 0 Å². The van der Waals surface area contributed by atoms with Crippen molar-refractivity contribution in [1.82, 2.24) is 4.90 Å². The van der Waals surface area contributed by atoms with Gasteiger partial charge in [0.2, 0.25) is 5.91 Å². The van der Waals surface area contributed by atoms with Crippen molar-refractivity contribution < 1.29 is 9.90 Å². The number of aliphatic hydroxyl groups is 1. The lowest BCUT2D eigenvalue weighted by Gasteiger charge is -2.33. The maximum atomic E-state index is 12.3. The molecule has 1 aliphatic rings. The van der Waals surface area contributed by atoms with Gasteiger partial charge >= 0.3 is 0 Å². The fourth-order valence-corrected chi connectivity index (χ4v) is 3.44. The van der Waals surface area contributed by atoms with Crippen LogP contribution >= 0.6 is 23.2 Å². The highest BCUT2D eigenvalue weighted by Crippen LogP contribution is 2.30. The monoisotopic (exact) mass is 344 g/mol. The Morgan fingerprint density at radius 1 is 1.23 bits per heavy atom. The molecule has 6 heteroatoms. The first-order chi connectivity index (χ1) is 10.6. The predicted octanol–water partition coefficient (Wildman–Crippen LogP) is 3.56. The number of anilines is 1. The van der Waals surface area contributed by atoms with E-state index >= 15 is 0 Å². The van der Waals surface area contributed by atoms with Crippen molar-refractivity contribution >= 4 is 34.8 Å². The van der Waals surface area contributed by atoms with Crippen molar-refractivity contribution in [3.05, 3.63) is 28.2 Å². The zero-order chi connectivity index (χ0) is 15.9. The SMILES string of the molecule is O=C(CN(CCO)C1CCCCC1)Nc1c(Cl)cccc1Cl. The number of halogens is 2. The Kier molecular flexibility index (Phi) is 6.96. The molecule has 0 aromatic heterocycles. The molecule has 1 fully saturated rings. The minimum atomic E-state index is -0.158. The van der Waals surface area contributed by atoms with Gasteiger partial charge in [-0.05, 0) is 25.0 Å². The molecule has 0 aliphatic heterocycles. The summed E-state index contributed by atoms with van der Waals surface area (Å²) < 4.78 is 0. The Morgan fingerprint density at radius 2 is 1.86 bits per heavy atom. The number of nitrogens with one attached hydrogen (secondary N) is 1. The fraction of sp³-hybridized carbons (Fsp3) is 0.562. The van der Waals surface area contributed by atoms with E-state index in [0.717, 1.165) is 12.8 Å². The summed E-state index contributed by atoms with van der Waals surface area (Å²) in [5, 5.41) is 12.9. The first kappa shape index (κ1) is 17.5. The fourth-order valence-electron chi connectivity index (χ4n) is 2.95. The molecule has 4 nitrogen and oxygen atoms in total. The molecule has 2 rings (SSSR count). The Hall–Kier alpha value is -0.810. The van der Waals surface area contributed by atoms with Crippen LogP contribution in [0.2, 0.25) is 10.0 Å². The lowest BCUT2D eigenvalue weighted by molar-refractivity contribution is -0.118. The molecule has 0 saturated heterocycles. The number of hydrogen-bond donors (Lipinski definition) is 2. The normalized spacial score (nSPS) is 16.0. The van der Waals surface area contributed by atoms with Gasteiger partial charge in [-0.3, -0.25) is 9.69 Å². The smallest absolute Gasteiger partial charge is 0.238 e. The minimum absolute atomic E-state index is 0.0522. The van der Waals surface area contributed by atoms with Gasteiger partial charge in [0.05, 0.1) is 28.9 Å². The molecular formula is C16H22Cl2N2O2. The number of benzene rings is 1. The summed E-state index contributed by atoms with van der Waals surface area (Å²) in [5.74, 6) is -0.158. The summed E-state index contributed by atoms with van der Waals surface area (Å²) in [7, 11) is 0. The van der Waals surface area contributed by atoms with Crippen LogP contribution in [0.25, 0.3) is 0 Å². The number of carbonyl (C=O) groups is 1. The van der Waals surface area contributed by atoms with Gasteiger partial charge in [0.15, 0.2) is 0 Å². The van der Waals surface area contributed by atoms with Crippen molar-refractivity contribution in [3.63, 3.8) is 0 Å². The highest BCUT2D eigenvalue weighted by molar-refractivity contribution is 6.39. The highest BCUT2D eigenvalue weighted by Gasteiger charge is 2.23. The van der Waals surface area contributed by atoms with Crippen LogP contribution in [-0.2, 0) is 4.79 Å². The second-order valence-corrected chi connectivity index (χ2v) is 6.45. The molecular weight excluding hydrogens is 323 g/mol. The molecule has 1 aromatic rings. The van der Waals surface area contributed by atoms with Crippen LogP contribution in [0.3, 0.4) is 0 Å². The predicted molar refractivity (Wildman–Crippen MR) is 90.6 cm³/mol. The van der Waals surface area contributed by atoms with Gasteiger partial charge in [0, 0.05) is 12.6 Å². The minimum Gasteiger partial charge on any atom is -0.395 e. The number of amides is 1. The van der Waals surface area contributed by atoms with Gasteiger partial charge < -0.3 is 10.4 Å². The average Bonchev–Trinajstić information content (AvgIpc) is 2.51. The molecule has 2 N–H and O–H groups in total. The molecule has 122 valence electrons. The van der Waals surface area contributed by atoms with E-state index in [2.05, 4.69) is 10.2 Å². The summed E-state index contributed by atoms with van der Waals surface area (Å²) in [4.78, 5) is 14.3. The van der Waals surface area contributed by atoms with E-state index in [0.29, 0.717) is 28.3 Å². The van der Waals surface area contributed by atoms with E-state index < -0.39 is 0 Å². The van der Waals surface area contributed by atoms with Crippen molar-refractivity contribution in [3.8, 4) is 0 Å². The number of hydrogen-bond acceptors (Lipinski definition) is 3. The first-order valence-corrected chi connectivity index (χ1v) is 8.46. The highest BCUT2D eigenvalue weighted by atomic mass is 35.5.